The maximum absolute atomic E-state index is 14.0. The van der Waals surface area contributed by atoms with Crippen LogP contribution in [-0.2, 0) is 9.59 Å². The SMILES string of the molecule is CC(=O)N[C@@H](CSC(=O)c1cc(-c2ccc(F)cc2F)ccc1O)C(=O)N(C)C. The van der Waals surface area contributed by atoms with Crippen LogP contribution in [0, 0.1) is 11.6 Å². The Morgan fingerprint density at radius 2 is 1.83 bits per heavy atom. The predicted octanol–water partition coefficient (Wildman–Crippen LogP) is 2.80. The van der Waals surface area contributed by atoms with Crippen molar-refractivity contribution in [2.75, 3.05) is 19.8 Å². The second-order valence-corrected chi connectivity index (χ2v) is 7.43. The smallest absolute Gasteiger partial charge is 0.245 e. The van der Waals surface area contributed by atoms with Gasteiger partial charge in [0.1, 0.15) is 23.4 Å². The highest BCUT2D eigenvalue weighted by molar-refractivity contribution is 8.14. The summed E-state index contributed by atoms with van der Waals surface area (Å²) >= 11 is 0.735. The van der Waals surface area contributed by atoms with Crippen molar-refractivity contribution in [3.63, 3.8) is 0 Å². The second-order valence-electron chi connectivity index (χ2n) is 6.44. The third kappa shape index (κ3) is 5.77. The quantitative estimate of drug-likeness (QED) is 0.748. The summed E-state index contributed by atoms with van der Waals surface area (Å²) < 4.78 is 27.2. The Bertz CT molecular complexity index is 950. The summed E-state index contributed by atoms with van der Waals surface area (Å²) in [7, 11) is 3.05. The van der Waals surface area contributed by atoms with Crippen LogP contribution in [0.2, 0.25) is 0 Å². The molecule has 2 aromatic rings. The molecule has 2 N–H and O–H groups in total. The molecule has 0 saturated carbocycles. The predicted molar refractivity (Wildman–Crippen MR) is 107 cm³/mol. The number of aromatic hydroxyl groups is 1. The van der Waals surface area contributed by atoms with Gasteiger partial charge < -0.3 is 15.3 Å². The van der Waals surface area contributed by atoms with Crippen LogP contribution >= 0.6 is 11.8 Å². The van der Waals surface area contributed by atoms with Gasteiger partial charge in [0.05, 0.1) is 5.56 Å². The third-order valence-electron chi connectivity index (χ3n) is 3.96. The Hall–Kier alpha value is -2.94. The molecule has 2 rings (SSSR count). The van der Waals surface area contributed by atoms with E-state index in [1.54, 1.807) is 0 Å². The summed E-state index contributed by atoms with van der Waals surface area (Å²) in [6.07, 6.45) is 0. The number of phenolic OH excluding ortho intramolecular Hbond substituents is 1. The molecule has 0 aliphatic rings. The first-order chi connectivity index (χ1) is 13.6. The van der Waals surface area contributed by atoms with Gasteiger partial charge in [-0.2, -0.15) is 0 Å². The van der Waals surface area contributed by atoms with E-state index >= 15 is 0 Å². The van der Waals surface area contributed by atoms with Crippen LogP contribution in [0.25, 0.3) is 11.1 Å². The number of amides is 2. The molecule has 0 radical (unpaired) electrons. The van der Waals surface area contributed by atoms with E-state index in [9.17, 15) is 28.3 Å². The zero-order chi connectivity index (χ0) is 21.7. The molecule has 6 nitrogen and oxygen atoms in total. The zero-order valence-electron chi connectivity index (χ0n) is 16.0. The average Bonchev–Trinajstić information content (AvgIpc) is 2.64. The van der Waals surface area contributed by atoms with Crippen LogP contribution in [0.5, 0.6) is 5.75 Å². The van der Waals surface area contributed by atoms with Gasteiger partial charge in [-0.3, -0.25) is 14.4 Å². The number of phenols is 1. The summed E-state index contributed by atoms with van der Waals surface area (Å²) in [6, 6.07) is 6.07. The molecule has 0 aromatic heterocycles. The van der Waals surface area contributed by atoms with Crippen molar-refractivity contribution >= 4 is 28.7 Å². The highest BCUT2D eigenvalue weighted by atomic mass is 32.2. The van der Waals surface area contributed by atoms with Crippen LogP contribution < -0.4 is 5.32 Å². The molecule has 0 saturated heterocycles. The van der Waals surface area contributed by atoms with Gasteiger partial charge in [0, 0.05) is 38.4 Å². The second kappa shape index (κ2) is 9.51. The Labute approximate surface area is 170 Å². The first-order valence-electron chi connectivity index (χ1n) is 8.54. The number of carbonyl (C=O) groups is 3. The van der Waals surface area contributed by atoms with E-state index in [0.29, 0.717) is 0 Å². The van der Waals surface area contributed by atoms with Crippen molar-refractivity contribution in [2.24, 2.45) is 0 Å². The third-order valence-corrected chi connectivity index (χ3v) is 4.94. The molecule has 2 amide bonds. The average molecular weight is 422 g/mol. The minimum absolute atomic E-state index is 0.0516. The van der Waals surface area contributed by atoms with Gasteiger partial charge in [-0.1, -0.05) is 17.8 Å². The molecule has 1 atom stereocenters. The Morgan fingerprint density at radius 3 is 2.41 bits per heavy atom. The fourth-order valence-electron chi connectivity index (χ4n) is 2.56. The van der Waals surface area contributed by atoms with E-state index in [0.717, 1.165) is 23.9 Å². The minimum Gasteiger partial charge on any atom is -0.507 e. The summed E-state index contributed by atoms with van der Waals surface area (Å²) in [5, 5.41) is 12.0. The normalized spacial score (nSPS) is 11.6. The molecule has 154 valence electrons. The topological polar surface area (TPSA) is 86.7 Å². The van der Waals surface area contributed by atoms with Gasteiger partial charge in [-0.25, -0.2) is 8.78 Å². The number of carbonyl (C=O) groups excluding carboxylic acids is 3. The Balaban J connectivity index is 2.23. The van der Waals surface area contributed by atoms with E-state index in [1.165, 1.54) is 50.2 Å². The molecule has 0 spiro atoms. The Morgan fingerprint density at radius 1 is 1.14 bits per heavy atom. The zero-order valence-corrected chi connectivity index (χ0v) is 16.8. The lowest BCUT2D eigenvalue weighted by molar-refractivity contribution is -0.133. The summed E-state index contributed by atoms with van der Waals surface area (Å²) in [4.78, 5) is 37.4. The van der Waals surface area contributed by atoms with Crippen LogP contribution in [0.4, 0.5) is 8.78 Å². The van der Waals surface area contributed by atoms with Crippen molar-refractivity contribution in [2.45, 2.75) is 13.0 Å². The van der Waals surface area contributed by atoms with Gasteiger partial charge in [-0.15, -0.1) is 0 Å². The molecular formula is C20H20F2N2O4S. The van der Waals surface area contributed by atoms with E-state index in [-0.39, 0.29) is 34.1 Å². The summed E-state index contributed by atoms with van der Waals surface area (Å²) in [5.74, 6) is -2.70. The maximum Gasteiger partial charge on any atom is 0.245 e. The van der Waals surface area contributed by atoms with Crippen LogP contribution in [0.15, 0.2) is 36.4 Å². The number of nitrogens with zero attached hydrogens (tertiary/aromatic N) is 1. The fourth-order valence-corrected chi connectivity index (χ4v) is 3.42. The number of hydrogen-bond donors (Lipinski definition) is 2. The van der Waals surface area contributed by atoms with Gasteiger partial charge in [0.2, 0.25) is 16.9 Å². The first-order valence-corrected chi connectivity index (χ1v) is 9.52. The standard InChI is InChI=1S/C20H20F2N2O4S/c1-11(25)23-17(19(27)24(2)3)10-29-20(28)15-8-12(4-7-18(15)26)14-6-5-13(21)9-16(14)22/h4-9,17,26H,10H2,1-3H3,(H,23,25)/t17-/m0/s1. The molecule has 0 fully saturated rings. The molecule has 2 aromatic carbocycles. The van der Waals surface area contributed by atoms with Gasteiger partial charge >= 0.3 is 0 Å². The molecule has 0 aliphatic heterocycles. The maximum atomic E-state index is 14.0. The number of thioether (sulfide) groups is 1. The highest BCUT2D eigenvalue weighted by Crippen LogP contribution is 2.30. The lowest BCUT2D eigenvalue weighted by atomic mass is 10.0. The summed E-state index contributed by atoms with van der Waals surface area (Å²) in [5.41, 5.74) is 0.270. The van der Waals surface area contributed by atoms with Crippen molar-refractivity contribution in [3.8, 4) is 16.9 Å². The van der Waals surface area contributed by atoms with Crippen molar-refractivity contribution in [1.29, 1.82) is 0 Å². The molecular weight excluding hydrogens is 402 g/mol. The van der Waals surface area contributed by atoms with E-state index < -0.39 is 28.7 Å². The summed E-state index contributed by atoms with van der Waals surface area (Å²) in [6.45, 7) is 1.26. The molecule has 0 aliphatic carbocycles. The molecule has 0 bridgehead atoms. The first kappa shape index (κ1) is 22.4. The van der Waals surface area contributed by atoms with Crippen molar-refractivity contribution in [3.05, 3.63) is 53.6 Å². The van der Waals surface area contributed by atoms with Crippen LogP contribution in [0.1, 0.15) is 17.3 Å². The minimum atomic E-state index is -0.920. The van der Waals surface area contributed by atoms with Crippen molar-refractivity contribution in [1.82, 2.24) is 10.2 Å². The van der Waals surface area contributed by atoms with Crippen LogP contribution in [-0.4, -0.2) is 52.8 Å². The molecule has 9 heteroatoms. The largest absolute Gasteiger partial charge is 0.507 e. The lowest BCUT2D eigenvalue weighted by Gasteiger charge is -2.20. The monoisotopic (exact) mass is 422 g/mol. The number of halogens is 2. The highest BCUT2D eigenvalue weighted by Gasteiger charge is 2.24. The fraction of sp³-hybridized carbons (Fsp3) is 0.250. The lowest BCUT2D eigenvalue weighted by Crippen LogP contribution is -2.47. The van der Waals surface area contributed by atoms with Gasteiger partial charge in [0.15, 0.2) is 0 Å². The number of benzene rings is 2. The molecule has 0 unspecified atom stereocenters. The molecule has 29 heavy (non-hydrogen) atoms. The van der Waals surface area contributed by atoms with E-state index in [4.69, 9.17) is 0 Å². The molecule has 0 heterocycles. The van der Waals surface area contributed by atoms with Crippen molar-refractivity contribution < 1.29 is 28.3 Å². The van der Waals surface area contributed by atoms with Crippen LogP contribution in [0.3, 0.4) is 0 Å². The number of likely N-dealkylation sites (N-methyl/N-ethyl adjacent to an activating group) is 1. The van der Waals surface area contributed by atoms with Gasteiger partial charge in [-0.05, 0) is 29.8 Å². The Kier molecular flexibility index (Phi) is 7.33. The number of rotatable bonds is 6. The van der Waals surface area contributed by atoms with E-state index in [1.807, 2.05) is 0 Å². The van der Waals surface area contributed by atoms with E-state index in [2.05, 4.69) is 5.32 Å². The number of hydrogen-bond acceptors (Lipinski definition) is 5. The number of nitrogens with one attached hydrogen (secondary N) is 1. The van der Waals surface area contributed by atoms with Gasteiger partial charge in [0.25, 0.3) is 0 Å².